The van der Waals surface area contributed by atoms with E-state index in [0.29, 0.717) is 28.2 Å². The fourth-order valence-electron chi connectivity index (χ4n) is 3.36. The molecule has 0 amide bonds. The van der Waals surface area contributed by atoms with Gasteiger partial charge in [0.15, 0.2) is 0 Å². The zero-order chi connectivity index (χ0) is 22.0. The molecule has 4 aromatic rings. The standard InChI is InChI=1S/C23H16Cl3N3O2/c24-16-4-7-18(20(25)12-16)15-3-8-21-19(11-15)22(13-23(26)28-21)27-10-9-14-1-5-17(6-2-14)29(30)31/h1-8,11-13H,9-10H2,(H,27,28). The van der Waals surface area contributed by atoms with E-state index in [0.717, 1.165) is 33.3 Å². The SMILES string of the molecule is O=[N+]([O-])c1ccc(CCNc2cc(Cl)nc3ccc(-c4ccc(Cl)cc4Cl)cc23)cc1. The summed E-state index contributed by atoms with van der Waals surface area (Å²) in [5.74, 6) is 0. The number of non-ortho nitro benzene ring substituents is 1. The number of nitrogens with zero attached hydrogens (tertiary/aromatic N) is 2. The summed E-state index contributed by atoms with van der Waals surface area (Å²) in [7, 11) is 0. The van der Waals surface area contributed by atoms with Crippen LogP contribution >= 0.6 is 34.8 Å². The molecule has 0 saturated carbocycles. The fourth-order valence-corrected chi connectivity index (χ4v) is 4.07. The van der Waals surface area contributed by atoms with Crippen molar-refractivity contribution >= 4 is 57.1 Å². The molecular formula is C23H16Cl3N3O2. The Balaban J connectivity index is 1.59. The highest BCUT2D eigenvalue weighted by Gasteiger charge is 2.10. The number of hydrogen-bond donors (Lipinski definition) is 1. The topological polar surface area (TPSA) is 68.1 Å². The number of benzene rings is 3. The van der Waals surface area contributed by atoms with Crippen LogP contribution in [0.4, 0.5) is 11.4 Å². The molecule has 0 radical (unpaired) electrons. The van der Waals surface area contributed by atoms with E-state index in [1.807, 2.05) is 24.3 Å². The Morgan fingerprint density at radius 1 is 0.935 bits per heavy atom. The minimum absolute atomic E-state index is 0.0806. The molecule has 0 aliphatic heterocycles. The smallest absolute Gasteiger partial charge is 0.269 e. The van der Waals surface area contributed by atoms with E-state index in [9.17, 15) is 10.1 Å². The van der Waals surface area contributed by atoms with Gasteiger partial charge in [-0.15, -0.1) is 0 Å². The van der Waals surface area contributed by atoms with Crippen molar-refractivity contribution in [3.63, 3.8) is 0 Å². The number of rotatable bonds is 6. The third kappa shape index (κ3) is 4.90. The van der Waals surface area contributed by atoms with Crippen LogP contribution in [0.5, 0.6) is 0 Å². The van der Waals surface area contributed by atoms with Crippen LogP contribution in [0.3, 0.4) is 0 Å². The van der Waals surface area contributed by atoms with Crippen molar-refractivity contribution in [2.24, 2.45) is 0 Å². The number of aromatic nitrogens is 1. The maximum Gasteiger partial charge on any atom is 0.269 e. The molecule has 8 heteroatoms. The third-order valence-electron chi connectivity index (χ3n) is 4.90. The zero-order valence-electron chi connectivity index (χ0n) is 16.1. The summed E-state index contributed by atoms with van der Waals surface area (Å²) >= 11 is 18.6. The lowest BCUT2D eigenvalue weighted by atomic mass is 10.0. The average molecular weight is 473 g/mol. The second-order valence-corrected chi connectivity index (χ2v) is 8.18. The lowest BCUT2D eigenvalue weighted by Gasteiger charge is -2.12. The quantitative estimate of drug-likeness (QED) is 0.180. The van der Waals surface area contributed by atoms with Crippen molar-refractivity contribution in [3.05, 3.63) is 97.6 Å². The first-order chi connectivity index (χ1) is 14.9. The van der Waals surface area contributed by atoms with E-state index >= 15 is 0 Å². The molecule has 1 N–H and O–H groups in total. The number of nitrogens with one attached hydrogen (secondary N) is 1. The van der Waals surface area contributed by atoms with E-state index < -0.39 is 4.92 Å². The van der Waals surface area contributed by atoms with Gasteiger partial charge in [-0.2, -0.15) is 0 Å². The monoisotopic (exact) mass is 471 g/mol. The normalized spacial score (nSPS) is 10.9. The molecule has 0 atom stereocenters. The molecular weight excluding hydrogens is 457 g/mol. The van der Waals surface area contributed by atoms with Crippen molar-refractivity contribution in [2.45, 2.75) is 6.42 Å². The number of halogens is 3. The van der Waals surface area contributed by atoms with E-state index in [4.69, 9.17) is 34.8 Å². The van der Waals surface area contributed by atoms with Gasteiger partial charge in [0, 0.05) is 45.4 Å². The molecule has 4 rings (SSSR count). The van der Waals surface area contributed by atoms with Gasteiger partial charge in [-0.3, -0.25) is 10.1 Å². The minimum atomic E-state index is -0.405. The highest BCUT2D eigenvalue weighted by molar-refractivity contribution is 6.36. The third-order valence-corrected chi connectivity index (χ3v) is 5.64. The molecule has 0 fully saturated rings. The number of fused-ring (bicyclic) bond motifs is 1. The van der Waals surface area contributed by atoms with Gasteiger partial charge in [0.2, 0.25) is 0 Å². The Morgan fingerprint density at radius 2 is 1.71 bits per heavy atom. The minimum Gasteiger partial charge on any atom is -0.384 e. The number of nitro groups is 1. The maximum absolute atomic E-state index is 10.8. The Morgan fingerprint density at radius 3 is 2.42 bits per heavy atom. The summed E-state index contributed by atoms with van der Waals surface area (Å²) in [5.41, 5.74) is 4.51. The van der Waals surface area contributed by atoms with Gasteiger partial charge >= 0.3 is 0 Å². The van der Waals surface area contributed by atoms with Crippen LogP contribution in [-0.2, 0) is 6.42 Å². The molecule has 0 spiro atoms. The van der Waals surface area contributed by atoms with Gasteiger partial charge in [0.05, 0.1) is 10.4 Å². The zero-order valence-corrected chi connectivity index (χ0v) is 18.4. The van der Waals surface area contributed by atoms with Crippen LogP contribution in [0.2, 0.25) is 15.2 Å². The van der Waals surface area contributed by atoms with E-state index in [1.54, 1.807) is 30.3 Å². The summed E-state index contributed by atoms with van der Waals surface area (Å²) < 4.78 is 0. The van der Waals surface area contributed by atoms with Crippen LogP contribution in [-0.4, -0.2) is 16.5 Å². The highest BCUT2D eigenvalue weighted by atomic mass is 35.5. The predicted octanol–water partition coefficient (Wildman–Crippen LogP) is 7.42. The van der Waals surface area contributed by atoms with Crippen molar-refractivity contribution in [1.29, 1.82) is 0 Å². The molecule has 0 saturated heterocycles. The van der Waals surface area contributed by atoms with Crippen molar-refractivity contribution in [2.75, 3.05) is 11.9 Å². The molecule has 5 nitrogen and oxygen atoms in total. The lowest BCUT2D eigenvalue weighted by Crippen LogP contribution is -2.06. The van der Waals surface area contributed by atoms with Crippen molar-refractivity contribution in [1.82, 2.24) is 4.98 Å². The van der Waals surface area contributed by atoms with E-state index in [2.05, 4.69) is 10.3 Å². The number of nitro benzene ring substituents is 1. The highest BCUT2D eigenvalue weighted by Crippen LogP contribution is 2.34. The summed E-state index contributed by atoms with van der Waals surface area (Å²) in [6, 6.07) is 19.6. The molecule has 1 aromatic heterocycles. The van der Waals surface area contributed by atoms with Gasteiger partial charge in [0.25, 0.3) is 5.69 Å². The first kappa shape index (κ1) is 21.4. The Labute approximate surface area is 193 Å². The van der Waals surface area contributed by atoms with Crippen LogP contribution < -0.4 is 5.32 Å². The summed E-state index contributed by atoms with van der Waals surface area (Å²) in [4.78, 5) is 14.8. The number of hydrogen-bond acceptors (Lipinski definition) is 4. The number of anilines is 1. The summed E-state index contributed by atoms with van der Waals surface area (Å²) in [6.45, 7) is 0.624. The van der Waals surface area contributed by atoms with Gasteiger partial charge in [-0.25, -0.2) is 4.98 Å². The van der Waals surface area contributed by atoms with Crippen molar-refractivity contribution < 1.29 is 4.92 Å². The van der Waals surface area contributed by atoms with Gasteiger partial charge in [-0.1, -0.05) is 59.1 Å². The first-order valence-electron chi connectivity index (χ1n) is 9.43. The first-order valence-corrected chi connectivity index (χ1v) is 10.6. The summed E-state index contributed by atoms with van der Waals surface area (Å²) in [6.07, 6.45) is 0.697. The molecule has 0 aliphatic carbocycles. The molecule has 31 heavy (non-hydrogen) atoms. The Hall–Kier alpha value is -2.86. The van der Waals surface area contributed by atoms with E-state index in [-0.39, 0.29) is 5.69 Å². The molecule has 1 heterocycles. The van der Waals surface area contributed by atoms with Crippen molar-refractivity contribution in [3.8, 4) is 11.1 Å². The average Bonchev–Trinajstić information content (AvgIpc) is 2.74. The second kappa shape index (κ2) is 9.10. The maximum atomic E-state index is 10.8. The van der Waals surface area contributed by atoms with Crippen LogP contribution in [0, 0.1) is 10.1 Å². The molecule has 0 bridgehead atoms. The molecule has 3 aromatic carbocycles. The molecule has 0 unspecified atom stereocenters. The Kier molecular flexibility index (Phi) is 6.28. The van der Waals surface area contributed by atoms with E-state index in [1.165, 1.54) is 12.1 Å². The van der Waals surface area contributed by atoms with Gasteiger partial charge in [0.1, 0.15) is 5.15 Å². The van der Waals surface area contributed by atoms with Gasteiger partial charge in [-0.05, 0) is 47.9 Å². The van der Waals surface area contributed by atoms with Crippen LogP contribution in [0.25, 0.3) is 22.0 Å². The Bertz CT molecular complexity index is 1280. The largest absolute Gasteiger partial charge is 0.384 e. The van der Waals surface area contributed by atoms with Crippen LogP contribution in [0.15, 0.2) is 66.7 Å². The van der Waals surface area contributed by atoms with Gasteiger partial charge < -0.3 is 5.32 Å². The number of pyridine rings is 1. The molecule has 0 aliphatic rings. The predicted molar refractivity (Wildman–Crippen MR) is 127 cm³/mol. The second-order valence-electron chi connectivity index (χ2n) is 6.95. The summed E-state index contributed by atoms with van der Waals surface area (Å²) in [5, 5.41) is 16.7. The molecule has 156 valence electrons. The lowest BCUT2D eigenvalue weighted by molar-refractivity contribution is -0.384. The fraction of sp³-hybridized carbons (Fsp3) is 0.0870. The van der Waals surface area contributed by atoms with Crippen LogP contribution in [0.1, 0.15) is 5.56 Å².